The topological polar surface area (TPSA) is 74.6 Å². The SMILES string of the molecule is CN=C(NCc1ccc(N2CCCC2=O)cc1)NCc1cccc(Cn2ccnc2C)c1.I. The number of aromatic nitrogens is 2. The van der Waals surface area contributed by atoms with Crippen molar-refractivity contribution in [2.45, 2.75) is 39.4 Å². The molecule has 7 nitrogen and oxygen atoms in total. The fourth-order valence-electron chi connectivity index (χ4n) is 3.91. The lowest BCUT2D eigenvalue weighted by Gasteiger charge is -2.16. The highest BCUT2D eigenvalue weighted by Crippen LogP contribution is 2.21. The second kappa shape index (κ2) is 11.8. The number of imidazole rings is 1. The van der Waals surface area contributed by atoms with Crippen LogP contribution in [0.2, 0.25) is 0 Å². The van der Waals surface area contributed by atoms with Crippen molar-refractivity contribution in [1.82, 2.24) is 20.2 Å². The number of carbonyl (C=O) groups excluding carboxylic acids is 1. The molecule has 33 heavy (non-hydrogen) atoms. The van der Waals surface area contributed by atoms with Crippen molar-refractivity contribution >= 4 is 41.5 Å². The van der Waals surface area contributed by atoms with E-state index in [1.807, 2.05) is 36.4 Å². The Morgan fingerprint density at radius 3 is 2.42 bits per heavy atom. The van der Waals surface area contributed by atoms with E-state index in [9.17, 15) is 4.79 Å². The molecule has 174 valence electrons. The van der Waals surface area contributed by atoms with E-state index in [0.29, 0.717) is 19.5 Å². The van der Waals surface area contributed by atoms with Gasteiger partial charge in [0.05, 0.1) is 0 Å². The predicted octanol–water partition coefficient (Wildman–Crippen LogP) is 3.85. The van der Waals surface area contributed by atoms with Gasteiger partial charge in [0.2, 0.25) is 5.91 Å². The second-order valence-electron chi connectivity index (χ2n) is 8.02. The van der Waals surface area contributed by atoms with Crippen LogP contribution in [0.3, 0.4) is 0 Å². The standard InChI is InChI=1S/C25H30N6O.HI/c1-19-27-12-14-30(19)18-22-6-3-5-21(15-22)17-29-25(26-2)28-16-20-8-10-23(11-9-20)31-13-4-7-24(31)32;/h3,5-6,8-12,14-15H,4,7,13,16-18H2,1-2H3,(H2,26,28,29);1H. The van der Waals surface area contributed by atoms with Crippen LogP contribution in [0.5, 0.6) is 0 Å². The number of amides is 1. The molecule has 8 heteroatoms. The molecule has 0 bridgehead atoms. The van der Waals surface area contributed by atoms with Crippen molar-refractivity contribution in [3.63, 3.8) is 0 Å². The molecule has 1 aliphatic heterocycles. The molecule has 0 aliphatic carbocycles. The van der Waals surface area contributed by atoms with Crippen LogP contribution in [-0.4, -0.2) is 35.0 Å². The maximum Gasteiger partial charge on any atom is 0.227 e. The number of aliphatic imine (C=N–C) groups is 1. The van der Waals surface area contributed by atoms with Gasteiger partial charge in [-0.1, -0.05) is 36.4 Å². The summed E-state index contributed by atoms with van der Waals surface area (Å²) in [7, 11) is 1.77. The first-order valence-electron chi connectivity index (χ1n) is 11.0. The van der Waals surface area contributed by atoms with Crippen LogP contribution >= 0.6 is 24.0 Å². The Morgan fingerprint density at radius 1 is 1.06 bits per heavy atom. The maximum atomic E-state index is 11.9. The third kappa shape index (κ3) is 6.56. The summed E-state index contributed by atoms with van der Waals surface area (Å²) in [5, 5.41) is 6.74. The van der Waals surface area contributed by atoms with E-state index in [1.165, 1.54) is 11.1 Å². The largest absolute Gasteiger partial charge is 0.352 e. The van der Waals surface area contributed by atoms with Crippen molar-refractivity contribution in [3.05, 3.63) is 83.4 Å². The number of halogens is 1. The van der Waals surface area contributed by atoms with Crippen molar-refractivity contribution < 1.29 is 4.79 Å². The van der Waals surface area contributed by atoms with Crippen LogP contribution in [0.1, 0.15) is 35.4 Å². The predicted molar refractivity (Wildman–Crippen MR) is 143 cm³/mol. The number of carbonyl (C=O) groups is 1. The molecule has 1 fully saturated rings. The molecule has 1 aromatic heterocycles. The molecule has 0 unspecified atom stereocenters. The zero-order chi connectivity index (χ0) is 22.3. The molecule has 1 aliphatic rings. The van der Waals surface area contributed by atoms with Crippen LogP contribution in [-0.2, 0) is 24.4 Å². The van der Waals surface area contributed by atoms with E-state index >= 15 is 0 Å². The zero-order valence-corrected chi connectivity index (χ0v) is 21.5. The highest BCUT2D eigenvalue weighted by atomic mass is 127. The Labute approximate surface area is 212 Å². The van der Waals surface area contributed by atoms with Crippen molar-refractivity contribution in [2.75, 3.05) is 18.5 Å². The van der Waals surface area contributed by atoms with Crippen molar-refractivity contribution in [1.29, 1.82) is 0 Å². The number of nitrogens with one attached hydrogen (secondary N) is 2. The third-order valence-corrected chi connectivity index (χ3v) is 5.73. The average Bonchev–Trinajstić information content (AvgIpc) is 3.42. The van der Waals surface area contributed by atoms with Gasteiger partial charge >= 0.3 is 0 Å². The van der Waals surface area contributed by atoms with Gasteiger partial charge in [-0.3, -0.25) is 9.79 Å². The van der Waals surface area contributed by atoms with Gasteiger partial charge < -0.3 is 20.1 Å². The molecule has 3 aromatic rings. The van der Waals surface area contributed by atoms with E-state index in [0.717, 1.165) is 42.5 Å². The summed E-state index contributed by atoms with van der Waals surface area (Å²) in [4.78, 5) is 22.4. The van der Waals surface area contributed by atoms with Crippen molar-refractivity contribution in [3.8, 4) is 0 Å². The fraction of sp³-hybridized carbons (Fsp3) is 0.320. The third-order valence-electron chi connectivity index (χ3n) is 5.73. The molecule has 2 heterocycles. The first kappa shape index (κ1) is 24.8. The summed E-state index contributed by atoms with van der Waals surface area (Å²) in [5.74, 6) is 1.97. The first-order valence-corrected chi connectivity index (χ1v) is 11.0. The van der Waals surface area contributed by atoms with Gasteiger partial charge in [-0.25, -0.2) is 4.98 Å². The lowest BCUT2D eigenvalue weighted by atomic mass is 10.1. The number of rotatable bonds is 7. The van der Waals surface area contributed by atoms with Crippen LogP contribution in [0, 0.1) is 6.92 Å². The minimum absolute atomic E-state index is 0. The minimum Gasteiger partial charge on any atom is -0.352 e. The van der Waals surface area contributed by atoms with Gasteiger partial charge in [-0.2, -0.15) is 0 Å². The van der Waals surface area contributed by atoms with Gasteiger partial charge in [0, 0.05) is 57.7 Å². The average molecular weight is 558 g/mol. The molecule has 0 saturated carbocycles. The van der Waals surface area contributed by atoms with E-state index in [2.05, 4.69) is 61.6 Å². The van der Waals surface area contributed by atoms with Crippen LogP contribution in [0.4, 0.5) is 5.69 Å². The Balaban J connectivity index is 0.00000306. The number of hydrogen-bond acceptors (Lipinski definition) is 3. The molecule has 0 atom stereocenters. The molecule has 1 amide bonds. The molecular formula is C25H31IN6O. The maximum absolute atomic E-state index is 11.9. The number of aryl methyl sites for hydroxylation is 1. The normalized spacial score (nSPS) is 13.7. The van der Waals surface area contributed by atoms with Gasteiger partial charge in [0.15, 0.2) is 5.96 Å². The van der Waals surface area contributed by atoms with E-state index in [-0.39, 0.29) is 29.9 Å². The van der Waals surface area contributed by atoms with E-state index in [4.69, 9.17) is 0 Å². The molecule has 2 N–H and O–H groups in total. The van der Waals surface area contributed by atoms with Crippen LogP contribution < -0.4 is 15.5 Å². The quantitative estimate of drug-likeness (QED) is 0.263. The Hall–Kier alpha value is -2.88. The molecule has 2 aromatic carbocycles. The lowest BCUT2D eigenvalue weighted by molar-refractivity contribution is -0.117. The van der Waals surface area contributed by atoms with Crippen LogP contribution in [0.15, 0.2) is 65.9 Å². The highest BCUT2D eigenvalue weighted by molar-refractivity contribution is 14.0. The summed E-state index contributed by atoms with van der Waals surface area (Å²) >= 11 is 0. The van der Waals surface area contributed by atoms with E-state index < -0.39 is 0 Å². The highest BCUT2D eigenvalue weighted by Gasteiger charge is 2.21. The zero-order valence-electron chi connectivity index (χ0n) is 19.1. The smallest absolute Gasteiger partial charge is 0.227 e. The number of benzene rings is 2. The molecule has 1 saturated heterocycles. The van der Waals surface area contributed by atoms with Gasteiger partial charge in [0.1, 0.15) is 5.82 Å². The fourth-order valence-corrected chi connectivity index (χ4v) is 3.91. The second-order valence-corrected chi connectivity index (χ2v) is 8.02. The number of anilines is 1. The summed E-state index contributed by atoms with van der Waals surface area (Å²) in [6.07, 6.45) is 5.42. The van der Waals surface area contributed by atoms with Gasteiger partial charge in [-0.05, 0) is 42.2 Å². The van der Waals surface area contributed by atoms with Gasteiger partial charge in [-0.15, -0.1) is 24.0 Å². The number of nitrogens with zero attached hydrogens (tertiary/aromatic N) is 4. The van der Waals surface area contributed by atoms with E-state index in [1.54, 1.807) is 7.05 Å². The van der Waals surface area contributed by atoms with Crippen molar-refractivity contribution in [2.24, 2.45) is 4.99 Å². The minimum atomic E-state index is 0. The molecule has 0 radical (unpaired) electrons. The summed E-state index contributed by atoms with van der Waals surface area (Å²) in [5.41, 5.74) is 4.55. The molecular weight excluding hydrogens is 527 g/mol. The Morgan fingerprint density at radius 2 is 1.79 bits per heavy atom. The molecule has 0 spiro atoms. The monoisotopic (exact) mass is 558 g/mol. The summed E-state index contributed by atoms with van der Waals surface area (Å²) < 4.78 is 2.14. The number of hydrogen-bond donors (Lipinski definition) is 2. The lowest BCUT2D eigenvalue weighted by Crippen LogP contribution is -2.36. The van der Waals surface area contributed by atoms with Crippen LogP contribution in [0.25, 0.3) is 0 Å². The summed E-state index contributed by atoms with van der Waals surface area (Å²) in [6.45, 7) is 4.99. The Kier molecular flexibility index (Phi) is 8.87. The Bertz CT molecular complexity index is 1090. The van der Waals surface area contributed by atoms with Gasteiger partial charge in [0.25, 0.3) is 0 Å². The molecule has 4 rings (SSSR count). The number of guanidine groups is 1. The first-order chi connectivity index (χ1) is 15.6. The summed E-state index contributed by atoms with van der Waals surface area (Å²) in [6, 6.07) is 16.7.